The zero-order valence-electron chi connectivity index (χ0n) is 10.6. The molecule has 1 amide bonds. The minimum absolute atomic E-state index is 0.0179. The van der Waals surface area contributed by atoms with Gasteiger partial charge in [0, 0.05) is 44.7 Å². The maximum absolute atomic E-state index is 12.2. The molecule has 1 aromatic heterocycles. The third-order valence-corrected chi connectivity index (χ3v) is 3.41. The van der Waals surface area contributed by atoms with E-state index in [1.807, 2.05) is 19.2 Å². The number of ketones is 1. The van der Waals surface area contributed by atoms with E-state index in [1.165, 1.54) is 0 Å². The molecule has 2 rings (SSSR count). The monoisotopic (exact) mass is 246 g/mol. The van der Waals surface area contributed by atoms with E-state index in [0.29, 0.717) is 32.2 Å². The van der Waals surface area contributed by atoms with Crippen LogP contribution in [-0.2, 0) is 16.1 Å². The molecule has 1 aliphatic carbocycles. The van der Waals surface area contributed by atoms with Crippen molar-refractivity contribution in [2.45, 2.75) is 32.2 Å². The molecule has 1 aromatic rings. The molecule has 1 aliphatic rings. The van der Waals surface area contributed by atoms with Crippen LogP contribution in [-0.4, -0.2) is 28.6 Å². The van der Waals surface area contributed by atoms with Crippen LogP contribution >= 0.6 is 0 Å². The summed E-state index contributed by atoms with van der Waals surface area (Å²) in [6.45, 7) is 0.580. The van der Waals surface area contributed by atoms with E-state index in [0.717, 1.165) is 5.56 Å². The third-order valence-electron chi connectivity index (χ3n) is 3.41. The molecule has 0 unspecified atom stereocenters. The molecule has 0 saturated heterocycles. The van der Waals surface area contributed by atoms with Crippen LogP contribution in [0.4, 0.5) is 0 Å². The predicted molar refractivity (Wildman–Crippen MR) is 67.7 cm³/mol. The second kappa shape index (κ2) is 5.76. The van der Waals surface area contributed by atoms with Crippen LogP contribution in [0.15, 0.2) is 24.5 Å². The van der Waals surface area contributed by atoms with Crippen LogP contribution in [0.3, 0.4) is 0 Å². The molecule has 0 bridgehead atoms. The second-order valence-electron chi connectivity index (χ2n) is 4.87. The van der Waals surface area contributed by atoms with Gasteiger partial charge in [-0.05, 0) is 24.5 Å². The molecule has 1 fully saturated rings. The summed E-state index contributed by atoms with van der Waals surface area (Å²) in [5.74, 6) is 0.449. The Morgan fingerprint density at radius 3 is 2.78 bits per heavy atom. The fraction of sp³-hybridized carbons (Fsp3) is 0.500. The number of Topliss-reactive ketones (excluding diaryl/α,β-unsaturated/α-hetero) is 1. The number of carbonyl (C=O) groups is 2. The van der Waals surface area contributed by atoms with Gasteiger partial charge >= 0.3 is 0 Å². The molecule has 1 heterocycles. The first-order valence-corrected chi connectivity index (χ1v) is 6.32. The lowest BCUT2D eigenvalue weighted by molar-refractivity contribution is -0.136. The summed E-state index contributed by atoms with van der Waals surface area (Å²) in [5, 5.41) is 0. The van der Waals surface area contributed by atoms with Gasteiger partial charge in [-0.15, -0.1) is 0 Å². The maximum atomic E-state index is 12.2. The topological polar surface area (TPSA) is 50.3 Å². The summed E-state index contributed by atoms with van der Waals surface area (Å²) in [6, 6.07) is 3.83. The largest absolute Gasteiger partial charge is 0.341 e. The van der Waals surface area contributed by atoms with Crippen LogP contribution in [0.1, 0.15) is 31.2 Å². The van der Waals surface area contributed by atoms with Crippen molar-refractivity contribution in [1.82, 2.24) is 9.88 Å². The van der Waals surface area contributed by atoms with Crippen molar-refractivity contribution in [1.29, 1.82) is 0 Å². The highest BCUT2D eigenvalue weighted by atomic mass is 16.2. The number of hydrogen-bond donors (Lipinski definition) is 0. The lowest BCUT2D eigenvalue weighted by Gasteiger charge is -2.26. The average molecular weight is 246 g/mol. The molecular formula is C14H18N2O2. The van der Waals surface area contributed by atoms with E-state index >= 15 is 0 Å². The first-order chi connectivity index (χ1) is 8.66. The van der Waals surface area contributed by atoms with Gasteiger partial charge in [0.25, 0.3) is 0 Å². The number of carbonyl (C=O) groups excluding carboxylic acids is 2. The molecule has 4 nitrogen and oxygen atoms in total. The number of nitrogens with zero attached hydrogens (tertiary/aromatic N) is 2. The van der Waals surface area contributed by atoms with E-state index in [9.17, 15) is 9.59 Å². The third kappa shape index (κ3) is 3.15. The van der Waals surface area contributed by atoms with Crippen LogP contribution in [0, 0.1) is 5.92 Å². The molecule has 18 heavy (non-hydrogen) atoms. The van der Waals surface area contributed by atoms with E-state index in [1.54, 1.807) is 17.3 Å². The summed E-state index contributed by atoms with van der Waals surface area (Å²) in [5.41, 5.74) is 1.03. The van der Waals surface area contributed by atoms with Gasteiger partial charge in [0.15, 0.2) is 0 Å². The highest BCUT2D eigenvalue weighted by Crippen LogP contribution is 2.23. The number of aromatic nitrogens is 1. The predicted octanol–water partition coefficient (Wildman–Crippen LogP) is 1.80. The Hall–Kier alpha value is -1.71. The molecule has 0 spiro atoms. The molecule has 4 heteroatoms. The van der Waals surface area contributed by atoms with Crippen molar-refractivity contribution in [3.63, 3.8) is 0 Å². The standard InChI is InChI=1S/C14H18N2O2/c1-16(10-11-3-2-8-15-9-11)14(18)12-4-6-13(17)7-5-12/h2-3,8-9,12H,4-7,10H2,1H3. The first kappa shape index (κ1) is 12.7. The summed E-state index contributed by atoms with van der Waals surface area (Å²) in [6.07, 6.45) is 6.00. The van der Waals surface area contributed by atoms with E-state index in [4.69, 9.17) is 0 Å². The number of pyridine rings is 1. The Morgan fingerprint density at radius 2 is 2.17 bits per heavy atom. The van der Waals surface area contributed by atoms with Crippen LogP contribution in [0.2, 0.25) is 0 Å². The highest BCUT2D eigenvalue weighted by molar-refractivity contribution is 5.84. The normalized spacial score (nSPS) is 16.6. The van der Waals surface area contributed by atoms with Gasteiger partial charge in [0.2, 0.25) is 5.91 Å². The Kier molecular flexibility index (Phi) is 4.07. The number of hydrogen-bond acceptors (Lipinski definition) is 3. The smallest absolute Gasteiger partial charge is 0.225 e. The molecule has 1 saturated carbocycles. The Bertz CT molecular complexity index is 421. The quantitative estimate of drug-likeness (QED) is 0.817. The lowest BCUT2D eigenvalue weighted by atomic mass is 9.87. The summed E-state index contributed by atoms with van der Waals surface area (Å²) >= 11 is 0. The highest BCUT2D eigenvalue weighted by Gasteiger charge is 2.26. The summed E-state index contributed by atoms with van der Waals surface area (Å²) < 4.78 is 0. The Balaban J connectivity index is 1.91. The van der Waals surface area contributed by atoms with Gasteiger partial charge in [-0.25, -0.2) is 0 Å². The molecule has 0 radical (unpaired) electrons. The van der Waals surface area contributed by atoms with E-state index in [-0.39, 0.29) is 17.6 Å². The van der Waals surface area contributed by atoms with Crippen LogP contribution < -0.4 is 0 Å². The van der Waals surface area contributed by atoms with Gasteiger partial charge in [0.1, 0.15) is 5.78 Å². The summed E-state index contributed by atoms with van der Waals surface area (Å²) in [7, 11) is 1.81. The molecular weight excluding hydrogens is 228 g/mol. The zero-order chi connectivity index (χ0) is 13.0. The van der Waals surface area contributed by atoms with Crippen molar-refractivity contribution in [2.75, 3.05) is 7.05 Å². The molecule has 0 aromatic carbocycles. The van der Waals surface area contributed by atoms with Gasteiger partial charge < -0.3 is 4.90 Å². The average Bonchev–Trinajstić information content (AvgIpc) is 2.40. The van der Waals surface area contributed by atoms with Gasteiger partial charge in [-0.1, -0.05) is 6.07 Å². The molecule has 0 atom stereocenters. The van der Waals surface area contributed by atoms with Crippen molar-refractivity contribution >= 4 is 11.7 Å². The molecule has 0 aliphatic heterocycles. The van der Waals surface area contributed by atoms with Crippen molar-refractivity contribution in [2.24, 2.45) is 5.92 Å². The van der Waals surface area contributed by atoms with Crippen LogP contribution in [0.25, 0.3) is 0 Å². The van der Waals surface area contributed by atoms with E-state index in [2.05, 4.69) is 4.98 Å². The fourth-order valence-corrected chi connectivity index (χ4v) is 2.34. The van der Waals surface area contributed by atoms with Crippen molar-refractivity contribution in [3.05, 3.63) is 30.1 Å². The second-order valence-corrected chi connectivity index (χ2v) is 4.87. The number of amides is 1. The Morgan fingerprint density at radius 1 is 1.44 bits per heavy atom. The lowest BCUT2D eigenvalue weighted by Crippen LogP contribution is -2.34. The van der Waals surface area contributed by atoms with Crippen molar-refractivity contribution in [3.8, 4) is 0 Å². The first-order valence-electron chi connectivity index (χ1n) is 6.32. The van der Waals surface area contributed by atoms with Gasteiger partial charge in [-0.2, -0.15) is 0 Å². The fourth-order valence-electron chi connectivity index (χ4n) is 2.34. The minimum Gasteiger partial charge on any atom is -0.341 e. The minimum atomic E-state index is 0.0179. The van der Waals surface area contributed by atoms with Gasteiger partial charge in [-0.3, -0.25) is 14.6 Å². The maximum Gasteiger partial charge on any atom is 0.225 e. The molecule has 0 N–H and O–H groups in total. The number of rotatable bonds is 3. The molecule has 96 valence electrons. The van der Waals surface area contributed by atoms with Crippen LogP contribution in [0.5, 0.6) is 0 Å². The summed E-state index contributed by atoms with van der Waals surface area (Å²) in [4.78, 5) is 29.1. The zero-order valence-corrected chi connectivity index (χ0v) is 10.6. The van der Waals surface area contributed by atoms with E-state index < -0.39 is 0 Å². The Labute approximate surface area is 107 Å². The SMILES string of the molecule is CN(Cc1cccnc1)C(=O)C1CCC(=O)CC1. The van der Waals surface area contributed by atoms with Gasteiger partial charge in [0.05, 0.1) is 0 Å². The van der Waals surface area contributed by atoms with Crippen molar-refractivity contribution < 1.29 is 9.59 Å².